The summed E-state index contributed by atoms with van der Waals surface area (Å²) in [6.45, 7) is 1.62. The predicted molar refractivity (Wildman–Crippen MR) is 117 cm³/mol. The normalized spacial score (nSPS) is 10.4. The Morgan fingerprint density at radius 2 is 1.83 bits per heavy atom. The first-order valence-electron chi connectivity index (χ1n) is 9.09. The highest BCUT2D eigenvalue weighted by molar-refractivity contribution is 6.31. The van der Waals surface area contributed by atoms with Gasteiger partial charge in [0, 0.05) is 23.8 Å². The number of nitrogens with zero attached hydrogens (tertiary/aromatic N) is 1. The van der Waals surface area contributed by atoms with Gasteiger partial charge in [0.1, 0.15) is 11.3 Å². The number of ether oxygens (including phenoxy) is 1. The Labute approximate surface area is 178 Å². The summed E-state index contributed by atoms with van der Waals surface area (Å²) < 4.78 is 6.68. The monoisotopic (exact) mass is 425 g/mol. The van der Waals surface area contributed by atoms with Gasteiger partial charge in [-0.05, 0) is 42.0 Å². The number of nitrogens with one attached hydrogen (secondary N) is 2. The van der Waals surface area contributed by atoms with Crippen molar-refractivity contribution in [3.63, 3.8) is 0 Å². The number of halogens is 1. The van der Waals surface area contributed by atoms with Crippen molar-refractivity contribution in [1.29, 1.82) is 0 Å². The summed E-state index contributed by atoms with van der Waals surface area (Å²) in [6, 6.07) is 15.1. The quantitative estimate of drug-likeness (QED) is 0.629. The van der Waals surface area contributed by atoms with E-state index in [0.29, 0.717) is 22.1 Å². The fraction of sp³-hybridized carbons (Fsp3) is 0.136. The van der Waals surface area contributed by atoms with Crippen LogP contribution in [0, 0.1) is 0 Å². The number of hydrogen-bond donors (Lipinski definition) is 2. The Balaban J connectivity index is 1.88. The van der Waals surface area contributed by atoms with Crippen LogP contribution in [0.4, 0.5) is 11.4 Å². The van der Waals surface area contributed by atoms with E-state index in [9.17, 15) is 14.4 Å². The van der Waals surface area contributed by atoms with Gasteiger partial charge < -0.3 is 19.9 Å². The molecular formula is C22H20ClN3O4. The van der Waals surface area contributed by atoms with E-state index in [1.54, 1.807) is 42.6 Å². The van der Waals surface area contributed by atoms with Crippen LogP contribution < -0.4 is 20.9 Å². The lowest BCUT2D eigenvalue weighted by Crippen LogP contribution is -2.29. The average molecular weight is 426 g/mol. The summed E-state index contributed by atoms with van der Waals surface area (Å²) >= 11 is 6.18. The Kier molecular flexibility index (Phi) is 6.54. The van der Waals surface area contributed by atoms with Gasteiger partial charge in [-0.1, -0.05) is 29.8 Å². The summed E-state index contributed by atoms with van der Waals surface area (Å²) in [7, 11) is 1.46. The molecule has 1 aromatic heterocycles. The Hall–Kier alpha value is -3.58. The van der Waals surface area contributed by atoms with Crippen molar-refractivity contribution in [2.75, 3.05) is 17.7 Å². The number of pyridine rings is 1. The second kappa shape index (κ2) is 9.28. The first-order valence-corrected chi connectivity index (χ1v) is 9.46. The number of carbonyl (C=O) groups is 2. The van der Waals surface area contributed by atoms with Crippen LogP contribution in [0.25, 0.3) is 0 Å². The maximum Gasteiger partial charge on any atom is 0.263 e. The van der Waals surface area contributed by atoms with Crippen LogP contribution in [-0.4, -0.2) is 23.5 Å². The molecular weight excluding hydrogens is 406 g/mol. The highest BCUT2D eigenvalue weighted by atomic mass is 35.5. The molecule has 0 atom stereocenters. The third-order valence-electron chi connectivity index (χ3n) is 4.33. The number of hydrogen-bond acceptors (Lipinski definition) is 4. The smallest absolute Gasteiger partial charge is 0.263 e. The molecule has 2 aromatic carbocycles. The molecule has 0 bridgehead atoms. The minimum absolute atomic E-state index is 0.0310. The average Bonchev–Trinajstić information content (AvgIpc) is 2.71. The second-order valence-electron chi connectivity index (χ2n) is 6.50. The summed E-state index contributed by atoms with van der Waals surface area (Å²) in [4.78, 5) is 37.0. The standard InChI is InChI=1S/C22H20ClN3O4/c1-14(27)24-16-9-10-20(30-2)19(12-16)25-21(28)17-7-5-11-26(22(17)29)13-15-6-3-4-8-18(15)23/h3-12H,13H2,1-2H3,(H,24,27)(H,25,28). The van der Waals surface area contributed by atoms with Gasteiger partial charge in [-0.25, -0.2) is 0 Å². The number of aromatic nitrogens is 1. The Bertz CT molecular complexity index is 1160. The van der Waals surface area contributed by atoms with Crippen molar-refractivity contribution in [2.24, 2.45) is 0 Å². The van der Waals surface area contributed by atoms with Gasteiger partial charge >= 0.3 is 0 Å². The number of benzene rings is 2. The van der Waals surface area contributed by atoms with Crippen LogP contribution in [0.3, 0.4) is 0 Å². The van der Waals surface area contributed by atoms with Crippen molar-refractivity contribution >= 4 is 34.8 Å². The molecule has 3 aromatic rings. The number of anilines is 2. The van der Waals surface area contributed by atoms with E-state index in [2.05, 4.69) is 10.6 Å². The lowest BCUT2D eigenvalue weighted by Gasteiger charge is -2.13. The zero-order valence-corrected chi connectivity index (χ0v) is 17.2. The van der Waals surface area contributed by atoms with Crippen molar-refractivity contribution in [3.05, 3.63) is 87.3 Å². The summed E-state index contributed by atoms with van der Waals surface area (Å²) in [5.41, 5.74) is 1.10. The molecule has 0 spiro atoms. The zero-order valence-electron chi connectivity index (χ0n) is 16.4. The molecule has 0 aliphatic rings. The molecule has 0 unspecified atom stereocenters. The van der Waals surface area contributed by atoms with Gasteiger partial charge in [-0.3, -0.25) is 14.4 Å². The third kappa shape index (κ3) is 4.87. The molecule has 30 heavy (non-hydrogen) atoms. The van der Waals surface area contributed by atoms with Gasteiger partial charge in [0.2, 0.25) is 5.91 Å². The minimum atomic E-state index is -0.591. The predicted octanol–water partition coefficient (Wildman–Crippen LogP) is 3.77. The van der Waals surface area contributed by atoms with E-state index >= 15 is 0 Å². The number of amides is 2. The molecule has 7 nitrogen and oxygen atoms in total. The highest BCUT2D eigenvalue weighted by Gasteiger charge is 2.16. The minimum Gasteiger partial charge on any atom is -0.495 e. The molecule has 1 heterocycles. The van der Waals surface area contributed by atoms with Crippen LogP contribution in [0.1, 0.15) is 22.8 Å². The maximum absolute atomic E-state index is 12.9. The fourth-order valence-corrected chi connectivity index (χ4v) is 3.12. The van der Waals surface area contributed by atoms with Crippen molar-refractivity contribution < 1.29 is 14.3 Å². The van der Waals surface area contributed by atoms with E-state index in [0.717, 1.165) is 5.56 Å². The molecule has 0 fully saturated rings. The molecule has 8 heteroatoms. The first kappa shape index (κ1) is 21.1. The van der Waals surface area contributed by atoms with Gasteiger partial charge in [-0.2, -0.15) is 0 Å². The van der Waals surface area contributed by atoms with Crippen LogP contribution in [0.2, 0.25) is 5.02 Å². The molecule has 0 aliphatic carbocycles. The first-order chi connectivity index (χ1) is 14.4. The zero-order chi connectivity index (χ0) is 21.7. The molecule has 0 saturated carbocycles. The van der Waals surface area contributed by atoms with E-state index in [-0.39, 0.29) is 18.0 Å². The molecule has 154 valence electrons. The van der Waals surface area contributed by atoms with E-state index in [1.165, 1.54) is 24.7 Å². The number of carbonyl (C=O) groups excluding carboxylic acids is 2. The van der Waals surface area contributed by atoms with Crippen LogP contribution in [-0.2, 0) is 11.3 Å². The molecule has 0 saturated heterocycles. The summed E-state index contributed by atoms with van der Waals surface area (Å²) in [5, 5.41) is 5.86. The number of rotatable bonds is 6. The molecule has 0 aliphatic heterocycles. The van der Waals surface area contributed by atoms with Crippen molar-refractivity contribution in [3.8, 4) is 5.75 Å². The second-order valence-corrected chi connectivity index (χ2v) is 6.90. The topological polar surface area (TPSA) is 89.4 Å². The molecule has 2 amide bonds. The summed E-state index contributed by atoms with van der Waals surface area (Å²) in [5.74, 6) is -0.445. The van der Waals surface area contributed by atoms with Gasteiger partial charge in [0.25, 0.3) is 11.5 Å². The van der Waals surface area contributed by atoms with E-state index in [4.69, 9.17) is 16.3 Å². The maximum atomic E-state index is 12.9. The fourth-order valence-electron chi connectivity index (χ4n) is 2.92. The largest absolute Gasteiger partial charge is 0.495 e. The van der Waals surface area contributed by atoms with Gasteiger partial charge in [-0.15, -0.1) is 0 Å². The lowest BCUT2D eigenvalue weighted by molar-refractivity contribution is -0.114. The number of methoxy groups -OCH3 is 1. The SMILES string of the molecule is COc1ccc(NC(C)=O)cc1NC(=O)c1cccn(Cc2ccccc2Cl)c1=O. The molecule has 0 radical (unpaired) electrons. The highest BCUT2D eigenvalue weighted by Crippen LogP contribution is 2.28. The van der Waals surface area contributed by atoms with E-state index < -0.39 is 11.5 Å². The van der Waals surface area contributed by atoms with E-state index in [1.807, 2.05) is 12.1 Å². The molecule has 2 N–H and O–H groups in total. The van der Waals surface area contributed by atoms with Gasteiger partial charge in [0.05, 0.1) is 19.3 Å². The summed E-state index contributed by atoms with van der Waals surface area (Å²) in [6.07, 6.45) is 1.60. The van der Waals surface area contributed by atoms with Crippen molar-refractivity contribution in [2.45, 2.75) is 13.5 Å². The van der Waals surface area contributed by atoms with Crippen molar-refractivity contribution in [1.82, 2.24) is 4.57 Å². The van der Waals surface area contributed by atoms with Crippen LogP contribution >= 0.6 is 11.6 Å². The molecule has 3 rings (SSSR count). The Morgan fingerprint density at radius 1 is 1.07 bits per heavy atom. The van der Waals surface area contributed by atoms with Crippen LogP contribution in [0.5, 0.6) is 5.75 Å². The lowest BCUT2D eigenvalue weighted by atomic mass is 10.2. The van der Waals surface area contributed by atoms with Crippen LogP contribution in [0.15, 0.2) is 65.6 Å². The third-order valence-corrected chi connectivity index (χ3v) is 4.70. The Morgan fingerprint density at radius 3 is 2.53 bits per heavy atom. The van der Waals surface area contributed by atoms with Gasteiger partial charge in [0.15, 0.2) is 0 Å².